The van der Waals surface area contributed by atoms with Gasteiger partial charge in [-0.1, -0.05) is 31.7 Å². The summed E-state index contributed by atoms with van der Waals surface area (Å²) in [6, 6.07) is 4.24. The third kappa shape index (κ3) is 4.01. The molecule has 1 aromatic heterocycles. The van der Waals surface area contributed by atoms with Gasteiger partial charge in [0, 0.05) is 44.6 Å². The van der Waals surface area contributed by atoms with E-state index >= 15 is 0 Å². The molecule has 1 unspecified atom stereocenters. The SMILES string of the molecule is CCOc1ccc2c(n1)CCN(C(=O)C1CC(=O)N(C3CCCCCC3)C1)C2. The van der Waals surface area contributed by atoms with Gasteiger partial charge in [-0.2, -0.15) is 0 Å². The van der Waals surface area contributed by atoms with E-state index in [4.69, 9.17) is 4.74 Å². The molecule has 6 nitrogen and oxygen atoms in total. The van der Waals surface area contributed by atoms with E-state index in [1.54, 1.807) is 0 Å². The van der Waals surface area contributed by atoms with E-state index in [0.29, 0.717) is 44.6 Å². The molecule has 1 atom stereocenters. The van der Waals surface area contributed by atoms with Crippen LogP contribution in [0.1, 0.15) is 63.1 Å². The van der Waals surface area contributed by atoms with E-state index in [1.165, 1.54) is 25.7 Å². The lowest BCUT2D eigenvalue weighted by Crippen LogP contribution is -2.42. The van der Waals surface area contributed by atoms with Crippen molar-refractivity contribution in [2.75, 3.05) is 19.7 Å². The van der Waals surface area contributed by atoms with Gasteiger partial charge in [-0.05, 0) is 25.3 Å². The molecule has 6 heteroatoms. The second kappa shape index (κ2) is 8.50. The van der Waals surface area contributed by atoms with Crippen LogP contribution in [0.5, 0.6) is 5.88 Å². The fourth-order valence-corrected chi connectivity index (χ4v) is 4.89. The van der Waals surface area contributed by atoms with Gasteiger partial charge in [0.1, 0.15) is 0 Å². The second-order valence-electron chi connectivity index (χ2n) is 8.29. The van der Waals surface area contributed by atoms with Gasteiger partial charge in [0.2, 0.25) is 17.7 Å². The molecule has 3 aliphatic rings. The van der Waals surface area contributed by atoms with Crippen LogP contribution in [0.15, 0.2) is 12.1 Å². The Labute approximate surface area is 167 Å². The molecule has 1 aliphatic carbocycles. The highest BCUT2D eigenvalue weighted by Gasteiger charge is 2.40. The normalized spacial score (nSPS) is 23.5. The smallest absolute Gasteiger partial charge is 0.228 e. The van der Waals surface area contributed by atoms with Crippen LogP contribution in [-0.4, -0.2) is 52.3 Å². The monoisotopic (exact) mass is 385 g/mol. The second-order valence-corrected chi connectivity index (χ2v) is 8.29. The van der Waals surface area contributed by atoms with Crippen LogP contribution in [0.4, 0.5) is 0 Å². The molecular weight excluding hydrogens is 354 g/mol. The molecule has 0 N–H and O–H groups in total. The average Bonchev–Trinajstić information content (AvgIpc) is 2.91. The Morgan fingerprint density at radius 1 is 1.21 bits per heavy atom. The van der Waals surface area contributed by atoms with E-state index in [0.717, 1.165) is 30.5 Å². The summed E-state index contributed by atoms with van der Waals surface area (Å²) in [4.78, 5) is 34.2. The number of hydrogen-bond donors (Lipinski definition) is 0. The van der Waals surface area contributed by atoms with Crippen LogP contribution < -0.4 is 4.74 Å². The predicted molar refractivity (Wildman–Crippen MR) is 106 cm³/mol. The van der Waals surface area contributed by atoms with Gasteiger partial charge in [0.15, 0.2) is 0 Å². The number of nitrogens with zero attached hydrogens (tertiary/aromatic N) is 3. The van der Waals surface area contributed by atoms with Crippen molar-refractivity contribution in [3.8, 4) is 5.88 Å². The third-order valence-corrected chi connectivity index (χ3v) is 6.40. The maximum absolute atomic E-state index is 13.1. The third-order valence-electron chi connectivity index (χ3n) is 6.40. The van der Waals surface area contributed by atoms with Gasteiger partial charge in [-0.3, -0.25) is 9.59 Å². The molecule has 152 valence electrons. The van der Waals surface area contributed by atoms with Crippen LogP contribution in [0.3, 0.4) is 0 Å². The number of rotatable bonds is 4. The fourth-order valence-electron chi connectivity index (χ4n) is 4.89. The molecule has 0 spiro atoms. The molecule has 3 heterocycles. The first-order chi connectivity index (χ1) is 13.7. The van der Waals surface area contributed by atoms with Crippen molar-refractivity contribution in [1.82, 2.24) is 14.8 Å². The summed E-state index contributed by atoms with van der Waals surface area (Å²) in [6.45, 7) is 4.41. The number of pyridine rings is 1. The molecule has 0 bridgehead atoms. The quantitative estimate of drug-likeness (QED) is 0.748. The number of likely N-dealkylation sites (tertiary alicyclic amines) is 1. The average molecular weight is 386 g/mol. The molecule has 0 aromatic carbocycles. The maximum Gasteiger partial charge on any atom is 0.228 e. The van der Waals surface area contributed by atoms with Crippen molar-refractivity contribution >= 4 is 11.8 Å². The Bertz CT molecular complexity index is 728. The van der Waals surface area contributed by atoms with Gasteiger partial charge in [0.25, 0.3) is 0 Å². The van der Waals surface area contributed by atoms with Crippen molar-refractivity contribution in [1.29, 1.82) is 0 Å². The number of ether oxygens (including phenoxy) is 1. The zero-order chi connectivity index (χ0) is 19.5. The standard InChI is InChI=1S/C22H31N3O3/c1-2-28-20-10-9-16-14-24(12-11-19(16)23-20)22(27)17-13-21(26)25(15-17)18-7-5-3-4-6-8-18/h9-10,17-18H,2-8,11-15H2,1H3. The molecule has 0 radical (unpaired) electrons. The highest BCUT2D eigenvalue weighted by Crippen LogP contribution is 2.30. The van der Waals surface area contributed by atoms with Crippen molar-refractivity contribution in [3.05, 3.63) is 23.4 Å². The lowest BCUT2D eigenvalue weighted by Gasteiger charge is -2.31. The molecule has 1 saturated heterocycles. The minimum Gasteiger partial charge on any atom is -0.478 e. The van der Waals surface area contributed by atoms with E-state index < -0.39 is 0 Å². The molecule has 1 aromatic rings. The number of hydrogen-bond acceptors (Lipinski definition) is 4. The Hall–Kier alpha value is -2.11. The minimum absolute atomic E-state index is 0.129. The van der Waals surface area contributed by atoms with E-state index in [1.807, 2.05) is 28.9 Å². The van der Waals surface area contributed by atoms with Gasteiger partial charge in [-0.15, -0.1) is 0 Å². The zero-order valence-corrected chi connectivity index (χ0v) is 16.9. The van der Waals surface area contributed by atoms with E-state index in [-0.39, 0.29) is 17.7 Å². The maximum atomic E-state index is 13.1. The highest BCUT2D eigenvalue weighted by atomic mass is 16.5. The summed E-state index contributed by atoms with van der Waals surface area (Å²) in [5.74, 6) is 0.768. The highest BCUT2D eigenvalue weighted by molar-refractivity contribution is 5.89. The summed E-state index contributed by atoms with van der Waals surface area (Å²) in [5, 5.41) is 0. The first-order valence-corrected chi connectivity index (χ1v) is 10.9. The van der Waals surface area contributed by atoms with Crippen LogP contribution in [-0.2, 0) is 22.6 Å². The molecule has 28 heavy (non-hydrogen) atoms. The van der Waals surface area contributed by atoms with Gasteiger partial charge in [0.05, 0.1) is 18.2 Å². The summed E-state index contributed by atoms with van der Waals surface area (Å²) < 4.78 is 5.48. The topological polar surface area (TPSA) is 62.7 Å². The predicted octanol–water partition coefficient (Wildman–Crippen LogP) is 2.94. The molecule has 1 saturated carbocycles. The van der Waals surface area contributed by atoms with Crippen molar-refractivity contribution < 1.29 is 14.3 Å². The summed E-state index contributed by atoms with van der Waals surface area (Å²) >= 11 is 0. The summed E-state index contributed by atoms with van der Waals surface area (Å²) in [6.07, 6.45) is 8.25. The van der Waals surface area contributed by atoms with Crippen LogP contribution in [0, 0.1) is 5.92 Å². The summed E-state index contributed by atoms with van der Waals surface area (Å²) in [5.41, 5.74) is 2.12. The minimum atomic E-state index is -0.187. The number of aromatic nitrogens is 1. The van der Waals surface area contributed by atoms with Crippen LogP contribution >= 0.6 is 0 Å². The Kier molecular flexibility index (Phi) is 5.83. The molecular formula is C22H31N3O3. The lowest BCUT2D eigenvalue weighted by atomic mass is 10.0. The number of amides is 2. The Morgan fingerprint density at radius 3 is 2.75 bits per heavy atom. The van der Waals surface area contributed by atoms with E-state index in [9.17, 15) is 9.59 Å². The van der Waals surface area contributed by atoms with Crippen LogP contribution in [0.25, 0.3) is 0 Å². The molecule has 2 fully saturated rings. The Morgan fingerprint density at radius 2 is 2.00 bits per heavy atom. The lowest BCUT2D eigenvalue weighted by molar-refractivity contribution is -0.136. The number of fused-ring (bicyclic) bond motifs is 1. The van der Waals surface area contributed by atoms with Gasteiger partial charge >= 0.3 is 0 Å². The van der Waals surface area contributed by atoms with E-state index in [2.05, 4.69) is 4.98 Å². The zero-order valence-electron chi connectivity index (χ0n) is 16.9. The largest absolute Gasteiger partial charge is 0.478 e. The van der Waals surface area contributed by atoms with Crippen molar-refractivity contribution in [2.24, 2.45) is 5.92 Å². The summed E-state index contributed by atoms with van der Waals surface area (Å²) in [7, 11) is 0. The van der Waals surface area contributed by atoms with Gasteiger partial charge in [-0.25, -0.2) is 4.98 Å². The number of carbonyl (C=O) groups is 2. The molecule has 4 rings (SSSR count). The first-order valence-electron chi connectivity index (χ1n) is 10.9. The van der Waals surface area contributed by atoms with Crippen LogP contribution in [0.2, 0.25) is 0 Å². The molecule has 2 amide bonds. The Balaban J connectivity index is 1.39. The fraction of sp³-hybridized carbons (Fsp3) is 0.682. The first kappa shape index (κ1) is 19.2. The van der Waals surface area contributed by atoms with Crippen molar-refractivity contribution in [2.45, 2.75) is 70.9 Å². The number of carbonyl (C=O) groups excluding carboxylic acids is 2. The van der Waals surface area contributed by atoms with Gasteiger partial charge < -0.3 is 14.5 Å². The van der Waals surface area contributed by atoms with Crippen molar-refractivity contribution in [3.63, 3.8) is 0 Å². The molecule has 2 aliphatic heterocycles.